The summed E-state index contributed by atoms with van der Waals surface area (Å²) in [6.07, 6.45) is 0.969. The van der Waals surface area contributed by atoms with E-state index in [1.807, 2.05) is 30.3 Å². The van der Waals surface area contributed by atoms with E-state index in [1.54, 1.807) is 0 Å². The third-order valence-electron chi connectivity index (χ3n) is 2.37. The average molecular weight is 253 g/mol. The lowest BCUT2D eigenvalue weighted by Gasteiger charge is -2.20. The van der Waals surface area contributed by atoms with E-state index < -0.39 is 10.8 Å². The molecule has 17 heavy (non-hydrogen) atoms. The minimum absolute atomic E-state index is 0.154. The van der Waals surface area contributed by atoms with E-state index in [4.69, 9.17) is 0 Å². The summed E-state index contributed by atoms with van der Waals surface area (Å²) < 4.78 is 11.8. The molecule has 0 saturated heterocycles. The largest absolute Gasteiger partial charge is 0.312 e. The van der Waals surface area contributed by atoms with E-state index in [2.05, 4.69) is 26.1 Å². The summed E-state index contributed by atoms with van der Waals surface area (Å²) in [7, 11) is -0.739. The van der Waals surface area contributed by atoms with Crippen LogP contribution in [0, 0.1) is 0 Å². The zero-order valence-electron chi connectivity index (χ0n) is 11.0. The molecule has 0 bridgehead atoms. The first kappa shape index (κ1) is 14.4. The molecule has 1 rings (SSSR count). The summed E-state index contributed by atoms with van der Waals surface area (Å²) in [4.78, 5) is 0. The lowest BCUT2D eigenvalue weighted by atomic mass is 10.1. The molecule has 0 aliphatic carbocycles. The lowest BCUT2D eigenvalue weighted by Crippen LogP contribution is -2.36. The number of hydrogen-bond donors (Lipinski definition) is 1. The molecule has 0 fully saturated rings. The molecule has 0 aromatic heterocycles. The average Bonchev–Trinajstić information content (AvgIpc) is 2.25. The summed E-state index contributed by atoms with van der Waals surface area (Å²) in [6.45, 7) is 7.37. The third-order valence-corrected chi connectivity index (χ3v) is 3.77. The van der Waals surface area contributed by atoms with Crippen LogP contribution in [0.4, 0.5) is 0 Å². The fourth-order valence-electron chi connectivity index (χ4n) is 1.53. The van der Waals surface area contributed by atoms with Gasteiger partial charge in [0.25, 0.3) is 0 Å². The highest BCUT2D eigenvalue weighted by atomic mass is 32.2. The van der Waals surface area contributed by atoms with Gasteiger partial charge in [-0.1, -0.05) is 30.3 Å². The second-order valence-corrected chi connectivity index (χ2v) is 6.88. The van der Waals surface area contributed by atoms with Crippen LogP contribution in [0.25, 0.3) is 0 Å². The van der Waals surface area contributed by atoms with E-state index in [-0.39, 0.29) is 5.54 Å². The Kier molecular flexibility index (Phi) is 5.86. The second-order valence-electron chi connectivity index (χ2n) is 5.30. The van der Waals surface area contributed by atoms with Crippen molar-refractivity contribution in [3.05, 3.63) is 35.9 Å². The molecule has 96 valence electrons. The Morgan fingerprint density at radius 1 is 1.18 bits per heavy atom. The number of benzene rings is 1. The van der Waals surface area contributed by atoms with Gasteiger partial charge in [-0.3, -0.25) is 4.21 Å². The van der Waals surface area contributed by atoms with E-state index in [0.717, 1.165) is 24.3 Å². The van der Waals surface area contributed by atoms with Crippen LogP contribution in [0.1, 0.15) is 32.8 Å². The SMILES string of the molecule is CC(C)(C)NCCCS(=O)Cc1ccccc1. The Balaban J connectivity index is 2.18. The third kappa shape index (κ3) is 7.29. The first-order chi connectivity index (χ1) is 7.97. The summed E-state index contributed by atoms with van der Waals surface area (Å²) in [6, 6.07) is 10.0. The molecule has 2 nitrogen and oxygen atoms in total. The minimum atomic E-state index is -0.739. The van der Waals surface area contributed by atoms with Crippen LogP contribution in [0.15, 0.2) is 30.3 Å². The Morgan fingerprint density at radius 2 is 1.82 bits per heavy atom. The highest BCUT2D eigenvalue weighted by molar-refractivity contribution is 7.84. The van der Waals surface area contributed by atoms with Gasteiger partial charge in [-0.05, 0) is 39.3 Å². The van der Waals surface area contributed by atoms with E-state index in [9.17, 15) is 4.21 Å². The van der Waals surface area contributed by atoms with Crippen LogP contribution >= 0.6 is 0 Å². The predicted octanol–water partition coefficient (Wildman–Crippen LogP) is 2.71. The quantitative estimate of drug-likeness (QED) is 0.790. The van der Waals surface area contributed by atoms with Crippen molar-refractivity contribution in [1.29, 1.82) is 0 Å². The zero-order chi connectivity index (χ0) is 12.7. The fourth-order valence-corrected chi connectivity index (χ4v) is 2.70. The van der Waals surface area contributed by atoms with Crippen LogP contribution in [0.3, 0.4) is 0 Å². The Morgan fingerprint density at radius 3 is 2.41 bits per heavy atom. The Bertz CT molecular complexity index is 343. The first-order valence-corrected chi connectivity index (χ1v) is 7.60. The van der Waals surface area contributed by atoms with Gasteiger partial charge < -0.3 is 5.32 Å². The molecule has 0 saturated carbocycles. The van der Waals surface area contributed by atoms with Crippen LogP contribution < -0.4 is 5.32 Å². The molecular formula is C14H23NOS. The van der Waals surface area contributed by atoms with Crippen molar-refractivity contribution in [1.82, 2.24) is 5.32 Å². The van der Waals surface area contributed by atoms with E-state index in [0.29, 0.717) is 5.75 Å². The maximum Gasteiger partial charge on any atom is 0.0485 e. The van der Waals surface area contributed by atoms with Crippen LogP contribution in [0.5, 0.6) is 0 Å². The topological polar surface area (TPSA) is 29.1 Å². The maximum absolute atomic E-state index is 11.8. The van der Waals surface area contributed by atoms with Gasteiger partial charge in [-0.2, -0.15) is 0 Å². The molecule has 0 heterocycles. The van der Waals surface area contributed by atoms with Crippen molar-refractivity contribution in [3.8, 4) is 0 Å². The Labute approximate surface area is 107 Å². The highest BCUT2D eigenvalue weighted by Gasteiger charge is 2.08. The normalized spacial score (nSPS) is 13.6. The van der Waals surface area contributed by atoms with Gasteiger partial charge in [0.2, 0.25) is 0 Å². The van der Waals surface area contributed by atoms with Gasteiger partial charge >= 0.3 is 0 Å². The second kappa shape index (κ2) is 6.92. The molecule has 3 heteroatoms. The molecule has 0 aliphatic rings. The molecule has 1 unspecified atom stereocenters. The summed E-state index contributed by atoms with van der Waals surface area (Å²) in [5, 5.41) is 3.41. The summed E-state index contributed by atoms with van der Waals surface area (Å²) in [5.41, 5.74) is 1.32. The zero-order valence-corrected chi connectivity index (χ0v) is 11.8. The van der Waals surface area contributed by atoms with Crippen LogP contribution in [-0.2, 0) is 16.6 Å². The number of rotatable bonds is 6. The minimum Gasteiger partial charge on any atom is -0.312 e. The smallest absolute Gasteiger partial charge is 0.0485 e. The number of hydrogen-bond acceptors (Lipinski definition) is 2. The monoisotopic (exact) mass is 253 g/mol. The van der Waals surface area contributed by atoms with Crippen molar-refractivity contribution in [2.24, 2.45) is 0 Å². The molecule has 0 radical (unpaired) electrons. The Hall–Kier alpha value is -0.670. The van der Waals surface area contributed by atoms with Crippen molar-refractivity contribution in [2.45, 2.75) is 38.5 Å². The molecule has 1 aromatic carbocycles. The van der Waals surface area contributed by atoms with Crippen molar-refractivity contribution in [3.63, 3.8) is 0 Å². The molecule has 0 aliphatic heterocycles. The molecule has 0 spiro atoms. The van der Waals surface area contributed by atoms with Crippen molar-refractivity contribution < 1.29 is 4.21 Å². The molecule has 1 aromatic rings. The first-order valence-electron chi connectivity index (χ1n) is 6.11. The molecule has 1 atom stereocenters. The fraction of sp³-hybridized carbons (Fsp3) is 0.571. The maximum atomic E-state index is 11.8. The van der Waals surface area contributed by atoms with E-state index in [1.165, 1.54) is 0 Å². The molecule has 1 N–H and O–H groups in total. The van der Waals surface area contributed by atoms with Gasteiger partial charge in [0.05, 0.1) is 0 Å². The van der Waals surface area contributed by atoms with Crippen LogP contribution in [-0.4, -0.2) is 22.0 Å². The van der Waals surface area contributed by atoms with Crippen molar-refractivity contribution >= 4 is 10.8 Å². The summed E-state index contributed by atoms with van der Waals surface area (Å²) in [5.74, 6) is 1.45. The van der Waals surface area contributed by atoms with Gasteiger partial charge in [0, 0.05) is 27.8 Å². The van der Waals surface area contributed by atoms with Crippen LogP contribution in [0.2, 0.25) is 0 Å². The van der Waals surface area contributed by atoms with Crippen molar-refractivity contribution in [2.75, 3.05) is 12.3 Å². The van der Waals surface area contributed by atoms with E-state index >= 15 is 0 Å². The molecular weight excluding hydrogens is 230 g/mol. The van der Waals surface area contributed by atoms with Gasteiger partial charge in [0.1, 0.15) is 0 Å². The van der Waals surface area contributed by atoms with Gasteiger partial charge in [-0.25, -0.2) is 0 Å². The molecule has 0 amide bonds. The highest BCUT2D eigenvalue weighted by Crippen LogP contribution is 2.04. The predicted molar refractivity (Wildman–Crippen MR) is 75.5 cm³/mol. The summed E-state index contributed by atoms with van der Waals surface area (Å²) >= 11 is 0. The lowest BCUT2D eigenvalue weighted by molar-refractivity contribution is 0.427. The number of nitrogens with one attached hydrogen (secondary N) is 1. The van der Waals surface area contributed by atoms with Gasteiger partial charge in [-0.15, -0.1) is 0 Å². The standard InChI is InChI=1S/C14H23NOS/c1-14(2,3)15-10-7-11-17(16)12-13-8-5-4-6-9-13/h4-6,8-9,15H,7,10-12H2,1-3H3. The van der Waals surface area contributed by atoms with Gasteiger partial charge in [0.15, 0.2) is 0 Å².